The number of fused-ring (bicyclic) bond motifs is 1. The minimum absolute atomic E-state index is 0.0519. The summed E-state index contributed by atoms with van der Waals surface area (Å²) in [5.74, 6) is 1.21. The van der Waals surface area contributed by atoms with Crippen LogP contribution in [0.25, 0.3) is 0 Å². The Morgan fingerprint density at radius 3 is 2.77 bits per heavy atom. The normalized spacial score (nSPS) is 13.1. The van der Waals surface area contributed by atoms with Crippen molar-refractivity contribution in [3.8, 4) is 11.5 Å². The number of nitrogens with one attached hydrogen (secondary N) is 1. The fourth-order valence-electron chi connectivity index (χ4n) is 2.59. The highest BCUT2D eigenvalue weighted by Crippen LogP contribution is 2.32. The Labute approximate surface area is 129 Å². The van der Waals surface area contributed by atoms with E-state index in [-0.39, 0.29) is 11.5 Å². The molecule has 22 heavy (non-hydrogen) atoms. The van der Waals surface area contributed by atoms with E-state index in [0.717, 1.165) is 42.0 Å². The van der Waals surface area contributed by atoms with Gasteiger partial charge in [0.15, 0.2) is 5.78 Å². The number of carbonyl (C=O) groups excluding carboxylic acids is 1. The van der Waals surface area contributed by atoms with Gasteiger partial charge in [0.05, 0.1) is 6.61 Å². The van der Waals surface area contributed by atoms with Gasteiger partial charge in [-0.3, -0.25) is 4.79 Å². The van der Waals surface area contributed by atoms with Gasteiger partial charge in [-0.2, -0.15) is 0 Å². The Balaban J connectivity index is 1.72. The first-order valence-electron chi connectivity index (χ1n) is 7.46. The second kappa shape index (κ2) is 6.10. The molecule has 0 aliphatic carbocycles. The predicted molar refractivity (Wildman–Crippen MR) is 85.7 cm³/mol. The fraction of sp³-hybridized carbons (Fsp3) is 0.278. The van der Waals surface area contributed by atoms with Crippen LogP contribution in [0.5, 0.6) is 11.5 Å². The van der Waals surface area contributed by atoms with Gasteiger partial charge < -0.3 is 15.2 Å². The van der Waals surface area contributed by atoms with Crippen LogP contribution in [0.15, 0.2) is 36.4 Å². The van der Waals surface area contributed by atoms with Gasteiger partial charge >= 0.3 is 0 Å². The van der Waals surface area contributed by atoms with Crippen molar-refractivity contribution in [2.24, 2.45) is 0 Å². The highest BCUT2D eigenvalue weighted by atomic mass is 16.5. The molecular formula is C18H19NO3. The van der Waals surface area contributed by atoms with Gasteiger partial charge in [0.1, 0.15) is 11.5 Å². The van der Waals surface area contributed by atoms with Crippen LogP contribution < -0.4 is 10.1 Å². The number of ether oxygens (including phenoxy) is 1. The minimum atomic E-state index is 0.0519. The maximum Gasteiger partial charge on any atom is 0.159 e. The van der Waals surface area contributed by atoms with E-state index in [1.54, 1.807) is 25.1 Å². The molecule has 0 fully saturated rings. The number of hydrogen-bond donors (Lipinski definition) is 2. The number of aromatic hydroxyl groups is 1. The third-order valence-corrected chi connectivity index (χ3v) is 3.88. The molecule has 114 valence electrons. The molecule has 0 saturated heterocycles. The lowest BCUT2D eigenvalue weighted by atomic mass is 10.0. The second-order valence-corrected chi connectivity index (χ2v) is 5.53. The van der Waals surface area contributed by atoms with E-state index in [9.17, 15) is 9.90 Å². The molecule has 2 aromatic rings. The van der Waals surface area contributed by atoms with Crippen molar-refractivity contribution in [3.05, 3.63) is 53.1 Å². The largest absolute Gasteiger partial charge is 0.508 e. The summed E-state index contributed by atoms with van der Waals surface area (Å²) in [6.45, 7) is 2.78. The molecular weight excluding hydrogens is 278 g/mol. The first-order chi connectivity index (χ1) is 10.6. The van der Waals surface area contributed by atoms with Crippen molar-refractivity contribution in [2.45, 2.75) is 26.3 Å². The highest BCUT2D eigenvalue weighted by Gasteiger charge is 2.14. The average Bonchev–Trinajstić information content (AvgIpc) is 2.53. The van der Waals surface area contributed by atoms with Crippen LogP contribution in [0, 0.1) is 0 Å². The number of phenols is 1. The molecule has 0 atom stereocenters. The number of carbonyl (C=O) groups is 1. The molecule has 2 N–H and O–H groups in total. The van der Waals surface area contributed by atoms with Gasteiger partial charge in [0, 0.05) is 23.4 Å². The van der Waals surface area contributed by atoms with Crippen LogP contribution >= 0.6 is 0 Å². The molecule has 3 rings (SSSR count). The van der Waals surface area contributed by atoms with Crippen molar-refractivity contribution in [2.75, 3.05) is 11.9 Å². The van der Waals surface area contributed by atoms with Crippen LogP contribution in [0.2, 0.25) is 0 Å². The van der Waals surface area contributed by atoms with Gasteiger partial charge in [0.25, 0.3) is 0 Å². The van der Waals surface area contributed by atoms with E-state index in [1.807, 2.05) is 18.2 Å². The number of ketones is 1. The molecule has 0 bridgehead atoms. The maximum absolute atomic E-state index is 11.2. The Morgan fingerprint density at radius 1 is 1.27 bits per heavy atom. The lowest BCUT2D eigenvalue weighted by Crippen LogP contribution is -2.09. The summed E-state index contributed by atoms with van der Waals surface area (Å²) in [5.41, 5.74) is 3.47. The summed E-state index contributed by atoms with van der Waals surface area (Å²) in [6, 6.07) is 11.0. The molecule has 1 aliphatic rings. The quantitative estimate of drug-likeness (QED) is 0.848. The Bertz CT molecular complexity index is 692. The van der Waals surface area contributed by atoms with Crippen LogP contribution in [0.1, 0.15) is 34.8 Å². The number of aryl methyl sites for hydroxylation is 1. The third kappa shape index (κ3) is 3.06. The van der Waals surface area contributed by atoms with E-state index in [2.05, 4.69) is 5.32 Å². The fourth-order valence-corrected chi connectivity index (χ4v) is 2.59. The van der Waals surface area contributed by atoms with E-state index in [1.165, 1.54) is 0 Å². The number of phenolic OH excluding ortho intramolecular Hbond substituents is 1. The zero-order chi connectivity index (χ0) is 15.5. The third-order valence-electron chi connectivity index (χ3n) is 3.88. The molecule has 0 saturated carbocycles. The SMILES string of the molecule is CC(=O)c1ccc(NCc2cc3c(cc2O)CCCO3)cc1. The molecule has 0 radical (unpaired) electrons. The summed E-state index contributed by atoms with van der Waals surface area (Å²) in [4.78, 5) is 11.2. The van der Waals surface area contributed by atoms with Gasteiger partial charge in [-0.25, -0.2) is 0 Å². The van der Waals surface area contributed by atoms with Crippen LogP contribution in [0.3, 0.4) is 0 Å². The first kappa shape index (κ1) is 14.4. The summed E-state index contributed by atoms with van der Waals surface area (Å²) >= 11 is 0. The molecule has 4 heteroatoms. The first-order valence-corrected chi connectivity index (χ1v) is 7.46. The van der Waals surface area contributed by atoms with Crippen LogP contribution in [0.4, 0.5) is 5.69 Å². The Hall–Kier alpha value is -2.49. The van der Waals surface area contributed by atoms with Crippen LogP contribution in [-0.4, -0.2) is 17.5 Å². The molecule has 1 aliphatic heterocycles. The van der Waals surface area contributed by atoms with Gasteiger partial charge in [0.2, 0.25) is 0 Å². The second-order valence-electron chi connectivity index (χ2n) is 5.53. The van der Waals surface area contributed by atoms with Gasteiger partial charge in [-0.15, -0.1) is 0 Å². The van der Waals surface area contributed by atoms with E-state index < -0.39 is 0 Å². The molecule has 0 unspecified atom stereocenters. The lowest BCUT2D eigenvalue weighted by molar-refractivity contribution is 0.101. The Morgan fingerprint density at radius 2 is 2.05 bits per heavy atom. The maximum atomic E-state index is 11.2. The summed E-state index contributed by atoms with van der Waals surface area (Å²) in [7, 11) is 0. The van der Waals surface area contributed by atoms with E-state index in [4.69, 9.17) is 4.74 Å². The topological polar surface area (TPSA) is 58.6 Å². The molecule has 4 nitrogen and oxygen atoms in total. The number of benzene rings is 2. The van der Waals surface area contributed by atoms with Crippen molar-refractivity contribution >= 4 is 11.5 Å². The monoisotopic (exact) mass is 297 g/mol. The van der Waals surface area contributed by atoms with E-state index in [0.29, 0.717) is 12.1 Å². The summed E-state index contributed by atoms with van der Waals surface area (Å²) < 4.78 is 5.64. The number of rotatable bonds is 4. The van der Waals surface area contributed by atoms with Crippen molar-refractivity contribution in [1.82, 2.24) is 0 Å². The Kier molecular flexibility index (Phi) is 4.00. The average molecular weight is 297 g/mol. The summed E-state index contributed by atoms with van der Waals surface area (Å²) in [6.07, 6.45) is 1.94. The van der Waals surface area contributed by atoms with Crippen molar-refractivity contribution in [1.29, 1.82) is 0 Å². The van der Waals surface area contributed by atoms with Crippen molar-refractivity contribution < 1.29 is 14.6 Å². The van der Waals surface area contributed by atoms with Crippen LogP contribution in [-0.2, 0) is 13.0 Å². The number of hydrogen-bond acceptors (Lipinski definition) is 4. The van der Waals surface area contributed by atoms with Crippen molar-refractivity contribution in [3.63, 3.8) is 0 Å². The lowest BCUT2D eigenvalue weighted by Gasteiger charge is -2.19. The minimum Gasteiger partial charge on any atom is -0.508 e. The van der Waals surface area contributed by atoms with Gasteiger partial charge in [-0.1, -0.05) is 0 Å². The van der Waals surface area contributed by atoms with E-state index >= 15 is 0 Å². The zero-order valence-corrected chi connectivity index (χ0v) is 12.6. The molecule has 1 heterocycles. The number of Topliss-reactive ketones (excluding diaryl/α,β-unsaturated/α-hetero) is 1. The standard InChI is InChI=1S/C18H19NO3/c1-12(20)13-4-6-16(7-5-13)19-11-15-10-18-14(9-17(15)21)3-2-8-22-18/h4-7,9-10,19,21H,2-3,8,11H2,1H3. The van der Waals surface area contributed by atoms with Gasteiger partial charge in [-0.05, 0) is 61.7 Å². The molecule has 0 aromatic heterocycles. The zero-order valence-electron chi connectivity index (χ0n) is 12.6. The smallest absolute Gasteiger partial charge is 0.159 e. The predicted octanol–water partition coefficient (Wildman–Crippen LogP) is 3.53. The molecule has 0 spiro atoms. The summed E-state index contributed by atoms with van der Waals surface area (Å²) in [5, 5.41) is 13.4. The number of anilines is 1. The molecule has 0 amide bonds. The highest BCUT2D eigenvalue weighted by molar-refractivity contribution is 5.94. The molecule has 2 aromatic carbocycles.